The number of halogens is 3. The standard InChI is InChI=1S/C14H11BrCl2N2O/c1-8(9-3-2-4-10(15)5-9)19-14(20)11-6-13(17)18-7-12(11)16/h2-8H,1H3,(H,19,20). The molecule has 1 unspecified atom stereocenters. The summed E-state index contributed by atoms with van der Waals surface area (Å²) in [4.78, 5) is 16.0. The molecule has 0 radical (unpaired) electrons. The van der Waals surface area contributed by atoms with Crippen LogP contribution in [-0.2, 0) is 0 Å². The monoisotopic (exact) mass is 372 g/mol. The molecule has 0 aliphatic heterocycles. The number of aromatic nitrogens is 1. The Bertz CT molecular complexity index is 649. The predicted molar refractivity (Wildman–Crippen MR) is 84.3 cm³/mol. The molecule has 0 aliphatic rings. The summed E-state index contributed by atoms with van der Waals surface area (Å²) >= 11 is 15.1. The van der Waals surface area contributed by atoms with Gasteiger partial charge in [0.25, 0.3) is 5.91 Å². The van der Waals surface area contributed by atoms with Crippen molar-refractivity contribution in [2.45, 2.75) is 13.0 Å². The molecule has 1 N–H and O–H groups in total. The summed E-state index contributed by atoms with van der Waals surface area (Å²) in [7, 11) is 0. The van der Waals surface area contributed by atoms with Crippen molar-refractivity contribution >= 4 is 45.0 Å². The number of benzene rings is 1. The molecular formula is C14H11BrCl2N2O. The summed E-state index contributed by atoms with van der Waals surface area (Å²) in [5, 5.41) is 3.38. The van der Waals surface area contributed by atoms with E-state index in [1.165, 1.54) is 12.3 Å². The van der Waals surface area contributed by atoms with Gasteiger partial charge in [0.2, 0.25) is 0 Å². The van der Waals surface area contributed by atoms with Crippen LogP contribution in [-0.4, -0.2) is 10.9 Å². The number of hydrogen-bond acceptors (Lipinski definition) is 2. The van der Waals surface area contributed by atoms with Crippen molar-refractivity contribution in [3.05, 3.63) is 62.3 Å². The van der Waals surface area contributed by atoms with E-state index < -0.39 is 0 Å². The van der Waals surface area contributed by atoms with Gasteiger partial charge in [-0.2, -0.15) is 0 Å². The van der Waals surface area contributed by atoms with E-state index in [0.29, 0.717) is 5.56 Å². The summed E-state index contributed by atoms with van der Waals surface area (Å²) in [5.74, 6) is -0.285. The quantitative estimate of drug-likeness (QED) is 0.796. The van der Waals surface area contributed by atoms with E-state index in [2.05, 4.69) is 26.2 Å². The van der Waals surface area contributed by atoms with Crippen molar-refractivity contribution in [2.24, 2.45) is 0 Å². The molecule has 2 aromatic rings. The Hall–Kier alpha value is -1.10. The molecule has 1 aromatic carbocycles. The summed E-state index contributed by atoms with van der Waals surface area (Å²) in [6, 6.07) is 9.04. The third-order valence-corrected chi connectivity index (χ3v) is 3.76. The summed E-state index contributed by atoms with van der Waals surface area (Å²) < 4.78 is 0.959. The number of nitrogens with one attached hydrogen (secondary N) is 1. The number of hydrogen-bond donors (Lipinski definition) is 1. The van der Waals surface area contributed by atoms with Gasteiger partial charge in [0.1, 0.15) is 5.15 Å². The minimum Gasteiger partial charge on any atom is -0.345 e. The largest absolute Gasteiger partial charge is 0.345 e. The second-order valence-corrected chi connectivity index (χ2v) is 5.95. The first-order valence-electron chi connectivity index (χ1n) is 5.84. The highest BCUT2D eigenvalue weighted by Crippen LogP contribution is 2.21. The highest BCUT2D eigenvalue weighted by atomic mass is 79.9. The third kappa shape index (κ3) is 3.72. The zero-order valence-corrected chi connectivity index (χ0v) is 13.6. The molecule has 0 saturated heterocycles. The number of pyridine rings is 1. The van der Waals surface area contributed by atoms with Gasteiger partial charge in [0, 0.05) is 10.7 Å². The van der Waals surface area contributed by atoms with E-state index in [1.807, 2.05) is 31.2 Å². The Morgan fingerprint density at radius 3 is 2.80 bits per heavy atom. The fourth-order valence-corrected chi connectivity index (χ4v) is 2.48. The van der Waals surface area contributed by atoms with E-state index >= 15 is 0 Å². The molecule has 1 amide bonds. The van der Waals surface area contributed by atoms with Gasteiger partial charge in [-0.1, -0.05) is 51.3 Å². The second-order valence-electron chi connectivity index (χ2n) is 4.24. The lowest BCUT2D eigenvalue weighted by atomic mass is 10.1. The smallest absolute Gasteiger partial charge is 0.253 e. The zero-order chi connectivity index (χ0) is 14.7. The topological polar surface area (TPSA) is 42.0 Å². The average Bonchev–Trinajstić information content (AvgIpc) is 2.41. The molecule has 6 heteroatoms. The minimum atomic E-state index is -0.285. The summed E-state index contributed by atoms with van der Waals surface area (Å²) in [5.41, 5.74) is 1.30. The van der Waals surface area contributed by atoms with Crippen LogP contribution < -0.4 is 5.32 Å². The van der Waals surface area contributed by atoms with Crippen molar-refractivity contribution in [1.82, 2.24) is 10.3 Å². The lowest BCUT2D eigenvalue weighted by molar-refractivity contribution is 0.0940. The second kappa shape index (κ2) is 6.57. The molecule has 3 nitrogen and oxygen atoms in total. The van der Waals surface area contributed by atoms with Crippen LogP contribution in [0.2, 0.25) is 10.2 Å². The molecule has 2 rings (SSSR count). The van der Waals surface area contributed by atoms with Crippen LogP contribution in [0.25, 0.3) is 0 Å². The molecule has 0 bridgehead atoms. The van der Waals surface area contributed by atoms with Gasteiger partial charge in [-0.3, -0.25) is 4.79 Å². The lowest BCUT2D eigenvalue weighted by Gasteiger charge is -2.15. The maximum atomic E-state index is 12.2. The van der Waals surface area contributed by atoms with Crippen molar-refractivity contribution in [3.8, 4) is 0 Å². The number of rotatable bonds is 3. The van der Waals surface area contributed by atoms with Gasteiger partial charge in [-0.25, -0.2) is 4.98 Å². The SMILES string of the molecule is CC(NC(=O)c1cc(Cl)ncc1Cl)c1cccc(Br)c1. The Morgan fingerprint density at radius 1 is 1.35 bits per heavy atom. The van der Waals surface area contributed by atoms with E-state index in [-0.39, 0.29) is 22.1 Å². The molecule has 0 spiro atoms. The van der Waals surface area contributed by atoms with Crippen molar-refractivity contribution < 1.29 is 4.79 Å². The van der Waals surface area contributed by atoms with E-state index in [1.54, 1.807) is 0 Å². The van der Waals surface area contributed by atoms with Gasteiger partial charge in [-0.05, 0) is 30.7 Å². The normalized spacial score (nSPS) is 12.0. The minimum absolute atomic E-state index is 0.150. The van der Waals surface area contributed by atoms with Crippen LogP contribution in [0.15, 0.2) is 41.0 Å². The van der Waals surface area contributed by atoms with Crippen molar-refractivity contribution in [2.75, 3.05) is 0 Å². The molecule has 1 atom stereocenters. The lowest BCUT2D eigenvalue weighted by Crippen LogP contribution is -2.27. The van der Waals surface area contributed by atoms with E-state index in [4.69, 9.17) is 23.2 Å². The predicted octanol–water partition coefficient (Wildman–Crippen LogP) is 4.64. The fourth-order valence-electron chi connectivity index (χ4n) is 1.72. The maximum Gasteiger partial charge on any atom is 0.253 e. The number of carbonyl (C=O) groups excluding carboxylic acids is 1. The molecule has 0 aliphatic carbocycles. The first-order chi connectivity index (χ1) is 9.47. The highest BCUT2D eigenvalue weighted by Gasteiger charge is 2.15. The van der Waals surface area contributed by atoms with Gasteiger partial charge in [0.05, 0.1) is 16.6 Å². The number of amides is 1. The highest BCUT2D eigenvalue weighted by molar-refractivity contribution is 9.10. The summed E-state index contributed by atoms with van der Waals surface area (Å²) in [6.07, 6.45) is 1.36. The van der Waals surface area contributed by atoms with Crippen LogP contribution in [0.1, 0.15) is 28.9 Å². The Labute approximate surface area is 135 Å². The third-order valence-electron chi connectivity index (χ3n) is 2.76. The molecule has 20 heavy (non-hydrogen) atoms. The zero-order valence-electron chi connectivity index (χ0n) is 10.5. The Morgan fingerprint density at radius 2 is 2.10 bits per heavy atom. The van der Waals surface area contributed by atoms with Gasteiger partial charge in [0.15, 0.2) is 0 Å². The Kier molecular flexibility index (Phi) is 5.02. The van der Waals surface area contributed by atoms with Crippen LogP contribution in [0.4, 0.5) is 0 Å². The van der Waals surface area contributed by atoms with E-state index in [0.717, 1.165) is 10.0 Å². The van der Waals surface area contributed by atoms with Crippen LogP contribution in [0.5, 0.6) is 0 Å². The van der Waals surface area contributed by atoms with E-state index in [9.17, 15) is 4.79 Å². The first-order valence-corrected chi connectivity index (χ1v) is 7.39. The van der Waals surface area contributed by atoms with Crippen molar-refractivity contribution in [1.29, 1.82) is 0 Å². The first kappa shape index (κ1) is 15.3. The van der Waals surface area contributed by atoms with Crippen LogP contribution in [0, 0.1) is 0 Å². The molecule has 0 saturated carbocycles. The van der Waals surface area contributed by atoms with Gasteiger partial charge < -0.3 is 5.32 Å². The van der Waals surface area contributed by atoms with Crippen LogP contribution >= 0.6 is 39.1 Å². The van der Waals surface area contributed by atoms with Gasteiger partial charge >= 0.3 is 0 Å². The molecule has 1 heterocycles. The molecular weight excluding hydrogens is 363 g/mol. The number of carbonyl (C=O) groups is 1. The Balaban J connectivity index is 2.17. The fraction of sp³-hybridized carbons (Fsp3) is 0.143. The number of nitrogens with zero attached hydrogens (tertiary/aromatic N) is 1. The summed E-state index contributed by atoms with van der Waals surface area (Å²) in [6.45, 7) is 1.90. The van der Waals surface area contributed by atoms with Crippen molar-refractivity contribution in [3.63, 3.8) is 0 Å². The van der Waals surface area contributed by atoms with Crippen LogP contribution in [0.3, 0.4) is 0 Å². The average molecular weight is 374 g/mol. The maximum absolute atomic E-state index is 12.2. The molecule has 0 fully saturated rings. The molecule has 104 valence electrons. The van der Waals surface area contributed by atoms with Gasteiger partial charge in [-0.15, -0.1) is 0 Å². The molecule has 1 aromatic heterocycles.